The summed E-state index contributed by atoms with van der Waals surface area (Å²) in [5.41, 5.74) is 2.24. The summed E-state index contributed by atoms with van der Waals surface area (Å²) in [5, 5.41) is 9.06. The van der Waals surface area contributed by atoms with Gasteiger partial charge in [0, 0.05) is 33.2 Å². The fourth-order valence-electron chi connectivity index (χ4n) is 2.95. The molecule has 0 saturated carbocycles. The Labute approximate surface area is 119 Å². The minimum Gasteiger partial charge on any atom is -0.395 e. The number of imidazole rings is 1. The second-order valence-corrected chi connectivity index (χ2v) is 5.37. The molecule has 5 nitrogen and oxygen atoms in total. The number of aryl methyl sites for hydroxylation is 1. The van der Waals surface area contributed by atoms with Crippen LogP contribution in [0.2, 0.25) is 0 Å². The van der Waals surface area contributed by atoms with Crippen LogP contribution in [0.1, 0.15) is 6.42 Å². The van der Waals surface area contributed by atoms with E-state index in [0.717, 1.165) is 50.6 Å². The molecule has 1 fully saturated rings. The van der Waals surface area contributed by atoms with Crippen LogP contribution >= 0.6 is 0 Å². The number of fused-ring (bicyclic) bond motifs is 1. The van der Waals surface area contributed by atoms with Crippen molar-refractivity contribution in [2.45, 2.75) is 6.42 Å². The maximum atomic E-state index is 9.06. The average molecular weight is 274 g/mol. The first-order chi connectivity index (χ1) is 9.79. The number of aromatic nitrogens is 2. The number of hydrogen-bond donors (Lipinski definition) is 1. The van der Waals surface area contributed by atoms with Crippen molar-refractivity contribution in [2.24, 2.45) is 7.05 Å². The van der Waals surface area contributed by atoms with Gasteiger partial charge in [0.2, 0.25) is 5.95 Å². The van der Waals surface area contributed by atoms with E-state index in [1.807, 2.05) is 6.07 Å². The standard InChI is InChI=1S/C15H22N4O/c1-17-14-6-3-2-5-13(14)16-15(17)19-8-4-7-18(9-10-19)11-12-20/h2-3,5-6,20H,4,7-12H2,1H3. The first-order valence-corrected chi connectivity index (χ1v) is 7.29. The molecule has 0 bridgehead atoms. The summed E-state index contributed by atoms with van der Waals surface area (Å²) in [6.45, 7) is 5.06. The molecule has 0 unspecified atom stereocenters. The predicted molar refractivity (Wildman–Crippen MR) is 81.1 cm³/mol. The van der Waals surface area contributed by atoms with Crippen molar-refractivity contribution in [2.75, 3.05) is 44.2 Å². The molecule has 1 aliphatic heterocycles. The molecular weight excluding hydrogens is 252 g/mol. The number of rotatable bonds is 3. The molecule has 2 aromatic rings. The predicted octanol–water partition coefficient (Wildman–Crippen LogP) is 1.08. The lowest BCUT2D eigenvalue weighted by Gasteiger charge is -2.22. The zero-order chi connectivity index (χ0) is 13.9. The summed E-state index contributed by atoms with van der Waals surface area (Å²) >= 11 is 0. The summed E-state index contributed by atoms with van der Waals surface area (Å²) in [6.07, 6.45) is 1.11. The minimum atomic E-state index is 0.242. The van der Waals surface area contributed by atoms with Gasteiger partial charge in [0.1, 0.15) is 0 Å². The molecule has 1 aromatic heterocycles. The molecule has 1 N–H and O–H groups in total. The van der Waals surface area contributed by atoms with E-state index in [2.05, 4.69) is 39.6 Å². The van der Waals surface area contributed by atoms with Crippen molar-refractivity contribution >= 4 is 17.0 Å². The number of aliphatic hydroxyl groups excluding tert-OH is 1. The molecule has 0 atom stereocenters. The Balaban J connectivity index is 1.82. The Bertz CT molecular complexity index is 580. The molecule has 0 aliphatic carbocycles. The Morgan fingerprint density at radius 3 is 2.80 bits per heavy atom. The van der Waals surface area contributed by atoms with E-state index in [1.165, 1.54) is 5.52 Å². The highest BCUT2D eigenvalue weighted by Crippen LogP contribution is 2.21. The molecule has 5 heteroatoms. The van der Waals surface area contributed by atoms with E-state index < -0.39 is 0 Å². The van der Waals surface area contributed by atoms with Gasteiger partial charge in [-0.25, -0.2) is 4.98 Å². The van der Waals surface area contributed by atoms with Gasteiger partial charge in [0.05, 0.1) is 17.6 Å². The van der Waals surface area contributed by atoms with Gasteiger partial charge in [-0.2, -0.15) is 0 Å². The molecule has 0 spiro atoms. The highest BCUT2D eigenvalue weighted by atomic mass is 16.3. The first-order valence-electron chi connectivity index (χ1n) is 7.29. The third kappa shape index (κ3) is 2.51. The summed E-state index contributed by atoms with van der Waals surface area (Å²) in [7, 11) is 2.08. The molecule has 20 heavy (non-hydrogen) atoms. The summed E-state index contributed by atoms with van der Waals surface area (Å²) < 4.78 is 2.18. The second kappa shape index (κ2) is 5.81. The fraction of sp³-hybridized carbons (Fsp3) is 0.533. The number of anilines is 1. The molecular formula is C15H22N4O. The van der Waals surface area contributed by atoms with Crippen LogP contribution in [0.15, 0.2) is 24.3 Å². The topological polar surface area (TPSA) is 44.5 Å². The van der Waals surface area contributed by atoms with E-state index in [4.69, 9.17) is 10.1 Å². The number of hydrogen-bond acceptors (Lipinski definition) is 4. The van der Waals surface area contributed by atoms with Crippen molar-refractivity contribution in [3.8, 4) is 0 Å². The minimum absolute atomic E-state index is 0.242. The molecule has 3 rings (SSSR count). The van der Waals surface area contributed by atoms with Gasteiger partial charge >= 0.3 is 0 Å². The summed E-state index contributed by atoms with van der Waals surface area (Å²) in [5.74, 6) is 1.05. The van der Waals surface area contributed by atoms with E-state index in [0.29, 0.717) is 0 Å². The molecule has 108 valence electrons. The molecule has 0 amide bonds. The van der Waals surface area contributed by atoms with Crippen LogP contribution in [0.4, 0.5) is 5.95 Å². The average Bonchev–Trinajstić information content (AvgIpc) is 2.65. The van der Waals surface area contributed by atoms with Crippen molar-refractivity contribution in [1.29, 1.82) is 0 Å². The van der Waals surface area contributed by atoms with Crippen LogP contribution in [0.5, 0.6) is 0 Å². The van der Waals surface area contributed by atoms with E-state index in [9.17, 15) is 0 Å². The number of β-amino-alcohol motifs (C(OH)–C–C–N with tert-alkyl or cyclic N) is 1. The lowest BCUT2D eigenvalue weighted by atomic mass is 10.3. The smallest absolute Gasteiger partial charge is 0.206 e. The Morgan fingerprint density at radius 1 is 1.15 bits per heavy atom. The van der Waals surface area contributed by atoms with Crippen LogP contribution < -0.4 is 4.90 Å². The Morgan fingerprint density at radius 2 is 2.00 bits per heavy atom. The highest BCUT2D eigenvalue weighted by Gasteiger charge is 2.19. The molecule has 0 radical (unpaired) electrons. The second-order valence-electron chi connectivity index (χ2n) is 5.37. The monoisotopic (exact) mass is 274 g/mol. The van der Waals surface area contributed by atoms with E-state index in [1.54, 1.807) is 0 Å². The maximum Gasteiger partial charge on any atom is 0.206 e. The molecule has 1 saturated heterocycles. The van der Waals surface area contributed by atoms with Gasteiger partial charge in [0.15, 0.2) is 0 Å². The van der Waals surface area contributed by atoms with E-state index >= 15 is 0 Å². The van der Waals surface area contributed by atoms with Crippen molar-refractivity contribution in [3.05, 3.63) is 24.3 Å². The summed E-state index contributed by atoms with van der Waals surface area (Å²) in [6, 6.07) is 8.26. The van der Waals surface area contributed by atoms with E-state index in [-0.39, 0.29) is 6.61 Å². The number of aliphatic hydroxyl groups is 1. The van der Waals surface area contributed by atoms with Crippen LogP contribution in [-0.4, -0.2) is 58.9 Å². The zero-order valence-corrected chi connectivity index (χ0v) is 12.0. The van der Waals surface area contributed by atoms with Crippen LogP contribution in [0.25, 0.3) is 11.0 Å². The Hall–Kier alpha value is -1.59. The number of nitrogens with zero attached hydrogens (tertiary/aromatic N) is 4. The first kappa shape index (κ1) is 13.4. The zero-order valence-electron chi connectivity index (χ0n) is 12.0. The largest absolute Gasteiger partial charge is 0.395 e. The van der Waals surface area contributed by atoms with Gasteiger partial charge in [0.25, 0.3) is 0 Å². The molecule has 1 aliphatic rings. The SMILES string of the molecule is Cn1c(N2CCCN(CCO)CC2)nc2ccccc21. The van der Waals surface area contributed by atoms with Gasteiger partial charge in [-0.1, -0.05) is 12.1 Å². The van der Waals surface area contributed by atoms with Crippen LogP contribution in [-0.2, 0) is 7.05 Å². The number of para-hydroxylation sites is 2. The van der Waals surface area contributed by atoms with Crippen molar-refractivity contribution < 1.29 is 5.11 Å². The normalized spacial score (nSPS) is 17.6. The van der Waals surface area contributed by atoms with Gasteiger partial charge in [-0.3, -0.25) is 4.90 Å². The van der Waals surface area contributed by atoms with Crippen molar-refractivity contribution in [1.82, 2.24) is 14.5 Å². The summed E-state index contributed by atoms with van der Waals surface area (Å²) in [4.78, 5) is 9.45. The Kier molecular flexibility index (Phi) is 3.89. The van der Waals surface area contributed by atoms with Gasteiger partial charge in [-0.15, -0.1) is 0 Å². The molecule has 2 heterocycles. The highest BCUT2D eigenvalue weighted by molar-refractivity contribution is 5.78. The third-order valence-corrected chi connectivity index (χ3v) is 4.05. The quantitative estimate of drug-likeness (QED) is 0.909. The molecule has 1 aromatic carbocycles. The van der Waals surface area contributed by atoms with Gasteiger partial charge in [-0.05, 0) is 25.1 Å². The van der Waals surface area contributed by atoms with Crippen LogP contribution in [0.3, 0.4) is 0 Å². The van der Waals surface area contributed by atoms with Crippen LogP contribution in [0, 0.1) is 0 Å². The third-order valence-electron chi connectivity index (χ3n) is 4.05. The van der Waals surface area contributed by atoms with Gasteiger partial charge < -0.3 is 14.6 Å². The fourth-order valence-corrected chi connectivity index (χ4v) is 2.95. The lowest BCUT2D eigenvalue weighted by Crippen LogP contribution is -2.33. The maximum absolute atomic E-state index is 9.06. The lowest BCUT2D eigenvalue weighted by molar-refractivity contribution is 0.204. The van der Waals surface area contributed by atoms with Crippen molar-refractivity contribution in [3.63, 3.8) is 0 Å². The number of benzene rings is 1.